The Kier molecular flexibility index (Phi) is 4.60. The van der Waals surface area contributed by atoms with Crippen LogP contribution in [0.25, 0.3) is 0 Å². The molecule has 1 fully saturated rings. The topological polar surface area (TPSA) is 98.9 Å². The third kappa shape index (κ3) is 4.01. The average molecular weight is 325 g/mol. The minimum absolute atomic E-state index is 0.261. The molecule has 3 amide bonds. The van der Waals surface area contributed by atoms with Gasteiger partial charge >= 0.3 is 6.03 Å². The van der Waals surface area contributed by atoms with Crippen LogP contribution in [0.4, 0.5) is 16.2 Å². The summed E-state index contributed by atoms with van der Waals surface area (Å²) in [5.41, 5.74) is 2.66. The van der Waals surface area contributed by atoms with Crippen molar-refractivity contribution in [2.75, 3.05) is 17.2 Å². The molecule has 1 heterocycles. The monoisotopic (exact) mass is 325 g/mol. The highest BCUT2D eigenvalue weighted by atomic mass is 16.2. The standard InChI is InChI=1S/C17H19N5O2/c1-2-9-18-17(24)20-13-7-5-12(6-8-13)19-16(23)15-10-14(21-22-15)11-3-4-11/h2,5-8,10-11H,1,3-4,9H2,(H,19,23)(H,21,22)(H2,18,20,24). The molecule has 7 heteroatoms. The Morgan fingerprint density at radius 1 is 1.21 bits per heavy atom. The molecule has 1 aromatic carbocycles. The first-order valence-electron chi connectivity index (χ1n) is 7.78. The van der Waals surface area contributed by atoms with Crippen LogP contribution in [0.1, 0.15) is 34.9 Å². The Balaban J connectivity index is 1.55. The molecule has 2 aromatic rings. The van der Waals surface area contributed by atoms with Gasteiger partial charge in [0, 0.05) is 29.5 Å². The molecule has 0 saturated heterocycles. The molecule has 3 rings (SSSR count). The van der Waals surface area contributed by atoms with E-state index in [0.717, 1.165) is 18.5 Å². The van der Waals surface area contributed by atoms with Crippen molar-refractivity contribution in [2.24, 2.45) is 0 Å². The fourth-order valence-corrected chi connectivity index (χ4v) is 2.23. The zero-order valence-electron chi connectivity index (χ0n) is 13.1. The third-order valence-corrected chi connectivity index (χ3v) is 3.66. The van der Waals surface area contributed by atoms with E-state index in [1.165, 1.54) is 0 Å². The lowest BCUT2D eigenvalue weighted by Gasteiger charge is -2.07. The molecule has 124 valence electrons. The number of nitrogens with zero attached hydrogens (tertiary/aromatic N) is 1. The molecule has 0 spiro atoms. The summed E-state index contributed by atoms with van der Waals surface area (Å²) in [5, 5.41) is 15.0. The van der Waals surface area contributed by atoms with Gasteiger partial charge in [0.1, 0.15) is 0 Å². The zero-order valence-corrected chi connectivity index (χ0v) is 13.1. The second-order valence-corrected chi connectivity index (χ2v) is 5.64. The fraction of sp³-hybridized carbons (Fsp3) is 0.235. The average Bonchev–Trinajstić information content (AvgIpc) is 3.31. The van der Waals surface area contributed by atoms with Crippen molar-refractivity contribution in [1.29, 1.82) is 0 Å². The van der Waals surface area contributed by atoms with E-state index >= 15 is 0 Å². The lowest BCUT2D eigenvalue weighted by molar-refractivity contribution is 0.102. The fourth-order valence-electron chi connectivity index (χ4n) is 2.23. The lowest BCUT2D eigenvalue weighted by Crippen LogP contribution is -2.28. The molecule has 0 aliphatic heterocycles. The van der Waals surface area contributed by atoms with Crippen LogP contribution in [0.15, 0.2) is 43.0 Å². The van der Waals surface area contributed by atoms with Gasteiger partial charge in [-0.1, -0.05) is 6.08 Å². The van der Waals surface area contributed by atoms with Crippen LogP contribution < -0.4 is 16.0 Å². The maximum atomic E-state index is 12.2. The normalized spacial score (nSPS) is 13.2. The van der Waals surface area contributed by atoms with Gasteiger partial charge in [-0.2, -0.15) is 5.10 Å². The number of benzene rings is 1. The number of carbonyl (C=O) groups is 2. The van der Waals surface area contributed by atoms with Crippen LogP contribution in [0.2, 0.25) is 0 Å². The van der Waals surface area contributed by atoms with Crippen molar-refractivity contribution in [2.45, 2.75) is 18.8 Å². The number of anilines is 2. The van der Waals surface area contributed by atoms with Crippen molar-refractivity contribution in [1.82, 2.24) is 15.5 Å². The second kappa shape index (κ2) is 6.99. The van der Waals surface area contributed by atoms with Crippen molar-refractivity contribution in [3.05, 3.63) is 54.4 Å². The van der Waals surface area contributed by atoms with Crippen molar-refractivity contribution in [3.8, 4) is 0 Å². The molecule has 24 heavy (non-hydrogen) atoms. The molecule has 0 atom stereocenters. The van der Waals surface area contributed by atoms with Gasteiger partial charge < -0.3 is 16.0 Å². The summed E-state index contributed by atoms with van der Waals surface area (Å²) >= 11 is 0. The molecule has 1 aliphatic carbocycles. The van der Waals surface area contributed by atoms with Crippen LogP contribution in [-0.4, -0.2) is 28.7 Å². The predicted octanol–water partition coefficient (Wildman–Crippen LogP) is 2.85. The summed E-state index contributed by atoms with van der Waals surface area (Å²) in [5.74, 6) is 0.263. The van der Waals surface area contributed by atoms with E-state index in [1.54, 1.807) is 36.4 Å². The number of hydrogen-bond acceptors (Lipinski definition) is 3. The zero-order chi connectivity index (χ0) is 16.9. The van der Waals surface area contributed by atoms with Gasteiger partial charge in [0.15, 0.2) is 5.69 Å². The molecule has 4 N–H and O–H groups in total. The Morgan fingerprint density at radius 2 is 1.88 bits per heavy atom. The Labute approximate surface area is 139 Å². The van der Waals surface area contributed by atoms with Crippen LogP contribution >= 0.6 is 0 Å². The van der Waals surface area contributed by atoms with Gasteiger partial charge in [-0.05, 0) is 43.2 Å². The van der Waals surface area contributed by atoms with E-state index in [-0.39, 0.29) is 11.9 Å². The van der Waals surface area contributed by atoms with Gasteiger partial charge in [0.25, 0.3) is 5.91 Å². The second-order valence-electron chi connectivity index (χ2n) is 5.64. The Morgan fingerprint density at radius 3 is 2.50 bits per heavy atom. The van der Waals surface area contributed by atoms with Gasteiger partial charge in [0.2, 0.25) is 0 Å². The SMILES string of the molecule is C=CCNC(=O)Nc1ccc(NC(=O)c2cc(C3CC3)[nH]n2)cc1. The minimum Gasteiger partial charge on any atom is -0.334 e. The van der Waals surface area contributed by atoms with Gasteiger partial charge in [-0.25, -0.2) is 4.79 Å². The number of aromatic nitrogens is 2. The summed E-state index contributed by atoms with van der Waals surface area (Å²) in [6, 6.07) is 8.35. The van der Waals surface area contributed by atoms with Crippen LogP contribution in [0.3, 0.4) is 0 Å². The van der Waals surface area contributed by atoms with Crippen LogP contribution in [0.5, 0.6) is 0 Å². The summed E-state index contributed by atoms with van der Waals surface area (Å²) in [4.78, 5) is 23.7. The van der Waals surface area contributed by atoms with E-state index < -0.39 is 0 Å². The molecular formula is C17H19N5O2. The Bertz CT molecular complexity index is 747. The van der Waals surface area contributed by atoms with E-state index in [2.05, 4.69) is 32.7 Å². The van der Waals surface area contributed by atoms with Crippen molar-refractivity contribution in [3.63, 3.8) is 0 Å². The van der Waals surface area contributed by atoms with E-state index in [1.807, 2.05) is 0 Å². The first kappa shape index (κ1) is 15.8. The molecule has 0 bridgehead atoms. The number of aromatic amines is 1. The quantitative estimate of drug-likeness (QED) is 0.615. The van der Waals surface area contributed by atoms with Gasteiger partial charge in [-0.3, -0.25) is 9.89 Å². The highest BCUT2D eigenvalue weighted by Crippen LogP contribution is 2.39. The first-order valence-corrected chi connectivity index (χ1v) is 7.78. The molecule has 7 nitrogen and oxygen atoms in total. The van der Waals surface area contributed by atoms with Crippen molar-refractivity contribution < 1.29 is 9.59 Å². The highest BCUT2D eigenvalue weighted by Gasteiger charge is 2.26. The van der Waals surface area contributed by atoms with Crippen LogP contribution in [-0.2, 0) is 0 Å². The number of urea groups is 1. The first-order chi connectivity index (χ1) is 11.7. The number of rotatable bonds is 6. The number of H-pyrrole nitrogens is 1. The predicted molar refractivity (Wildman–Crippen MR) is 92.2 cm³/mol. The smallest absolute Gasteiger partial charge is 0.319 e. The largest absolute Gasteiger partial charge is 0.334 e. The minimum atomic E-state index is -0.309. The van der Waals surface area contributed by atoms with Gasteiger partial charge in [-0.15, -0.1) is 6.58 Å². The maximum absolute atomic E-state index is 12.2. The number of carbonyl (C=O) groups excluding carboxylic acids is 2. The highest BCUT2D eigenvalue weighted by molar-refractivity contribution is 6.03. The third-order valence-electron chi connectivity index (χ3n) is 3.66. The number of amides is 3. The summed E-state index contributed by atoms with van der Waals surface area (Å²) in [6.07, 6.45) is 3.90. The lowest BCUT2D eigenvalue weighted by atomic mass is 10.2. The van der Waals surface area contributed by atoms with Crippen molar-refractivity contribution >= 4 is 23.3 Å². The summed E-state index contributed by atoms with van der Waals surface area (Å²) in [7, 11) is 0. The summed E-state index contributed by atoms with van der Waals surface area (Å²) in [6.45, 7) is 3.92. The molecule has 0 unspecified atom stereocenters. The van der Waals surface area contributed by atoms with Gasteiger partial charge in [0.05, 0.1) is 0 Å². The van der Waals surface area contributed by atoms with E-state index in [0.29, 0.717) is 29.5 Å². The molecule has 1 aromatic heterocycles. The van der Waals surface area contributed by atoms with E-state index in [4.69, 9.17) is 0 Å². The molecular weight excluding hydrogens is 306 g/mol. The maximum Gasteiger partial charge on any atom is 0.319 e. The molecule has 1 saturated carbocycles. The number of hydrogen-bond donors (Lipinski definition) is 4. The summed E-state index contributed by atoms with van der Waals surface area (Å²) < 4.78 is 0. The van der Waals surface area contributed by atoms with E-state index in [9.17, 15) is 9.59 Å². The number of nitrogens with one attached hydrogen (secondary N) is 4. The molecule has 1 aliphatic rings. The van der Waals surface area contributed by atoms with Crippen LogP contribution in [0, 0.1) is 0 Å². The molecule has 0 radical (unpaired) electrons. The Hall–Kier alpha value is -3.09.